The Kier molecular flexibility index (Phi) is 3.25. The van der Waals surface area contributed by atoms with Crippen LogP contribution in [0.3, 0.4) is 0 Å². The van der Waals surface area contributed by atoms with Crippen LogP contribution in [0.15, 0.2) is 53.1 Å². The van der Waals surface area contributed by atoms with E-state index >= 15 is 0 Å². The van der Waals surface area contributed by atoms with Gasteiger partial charge in [0.2, 0.25) is 0 Å². The molecule has 1 heterocycles. The van der Waals surface area contributed by atoms with Gasteiger partial charge in [-0.25, -0.2) is 0 Å². The number of nitrogens with zero attached hydrogens (tertiary/aromatic N) is 2. The van der Waals surface area contributed by atoms with Gasteiger partial charge in [0.05, 0.1) is 11.7 Å². The Hall–Kier alpha value is -1.81. The fraction of sp³-hybridized carbons (Fsp3) is 0.133. The van der Waals surface area contributed by atoms with Crippen molar-refractivity contribution in [3.05, 3.63) is 58.7 Å². The van der Waals surface area contributed by atoms with E-state index < -0.39 is 0 Å². The van der Waals surface area contributed by atoms with E-state index in [9.17, 15) is 0 Å². The Balaban J connectivity index is 1.76. The first-order chi connectivity index (χ1) is 9.22. The minimum Gasteiger partial charge on any atom is -0.381 e. The molecule has 0 atom stereocenters. The number of benzene rings is 2. The third kappa shape index (κ3) is 2.63. The molecular formula is C15H14BrN3. The Morgan fingerprint density at radius 2 is 1.95 bits per heavy atom. The highest BCUT2D eigenvalue weighted by Crippen LogP contribution is 2.19. The Morgan fingerprint density at radius 3 is 2.74 bits per heavy atom. The van der Waals surface area contributed by atoms with E-state index in [1.165, 1.54) is 5.56 Å². The molecule has 3 aromatic rings. The molecule has 0 amide bonds. The maximum absolute atomic E-state index is 4.25. The monoisotopic (exact) mass is 315 g/mol. The lowest BCUT2D eigenvalue weighted by Gasteiger charge is -2.07. The number of rotatable bonds is 3. The van der Waals surface area contributed by atoms with Gasteiger partial charge < -0.3 is 5.32 Å². The molecule has 0 aliphatic heterocycles. The van der Waals surface area contributed by atoms with E-state index in [1.54, 1.807) is 0 Å². The standard InChI is InChI=1S/C15H14BrN3/c1-19-15-7-6-14(8-12(15)10-18-19)17-9-11-2-4-13(16)5-3-11/h2-8,10,17H,9H2,1H3. The quantitative estimate of drug-likeness (QED) is 0.793. The lowest BCUT2D eigenvalue weighted by Crippen LogP contribution is -1.99. The number of hydrogen-bond donors (Lipinski definition) is 1. The van der Waals surface area contributed by atoms with Crippen molar-refractivity contribution in [2.45, 2.75) is 6.54 Å². The van der Waals surface area contributed by atoms with Crippen LogP contribution in [0, 0.1) is 0 Å². The lowest BCUT2D eigenvalue weighted by atomic mass is 10.2. The number of aryl methyl sites for hydroxylation is 1. The fourth-order valence-electron chi connectivity index (χ4n) is 2.08. The summed E-state index contributed by atoms with van der Waals surface area (Å²) in [5.41, 5.74) is 3.52. The average Bonchev–Trinajstić information content (AvgIpc) is 2.79. The minimum atomic E-state index is 0.819. The normalized spacial score (nSPS) is 10.8. The number of fused-ring (bicyclic) bond motifs is 1. The van der Waals surface area contributed by atoms with E-state index in [4.69, 9.17) is 0 Å². The van der Waals surface area contributed by atoms with Crippen LogP contribution in [0.1, 0.15) is 5.56 Å². The van der Waals surface area contributed by atoms with E-state index in [1.807, 2.05) is 17.9 Å². The van der Waals surface area contributed by atoms with Crippen LogP contribution in [-0.4, -0.2) is 9.78 Å². The number of hydrogen-bond acceptors (Lipinski definition) is 2. The summed E-state index contributed by atoms with van der Waals surface area (Å²) in [7, 11) is 1.96. The average molecular weight is 316 g/mol. The van der Waals surface area contributed by atoms with E-state index in [-0.39, 0.29) is 0 Å². The van der Waals surface area contributed by atoms with Crippen LogP contribution in [0.4, 0.5) is 5.69 Å². The van der Waals surface area contributed by atoms with E-state index in [0.29, 0.717) is 0 Å². The lowest BCUT2D eigenvalue weighted by molar-refractivity contribution is 0.797. The van der Waals surface area contributed by atoms with Gasteiger partial charge in [0.25, 0.3) is 0 Å². The molecule has 0 fully saturated rings. The zero-order valence-corrected chi connectivity index (χ0v) is 12.2. The van der Waals surface area contributed by atoms with Crippen LogP contribution in [0.2, 0.25) is 0 Å². The highest BCUT2D eigenvalue weighted by Gasteiger charge is 2.00. The van der Waals surface area contributed by atoms with Crippen molar-refractivity contribution >= 4 is 32.5 Å². The summed E-state index contributed by atoms with van der Waals surface area (Å²) < 4.78 is 2.99. The van der Waals surface area contributed by atoms with Crippen LogP contribution < -0.4 is 5.32 Å². The van der Waals surface area contributed by atoms with Gasteiger partial charge in [-0.1, -0.05) is 28.1 Å². The SMILES string of the molecule is Cn1ncc2cc(NCc3ccc(Br)cc3)ccc21. The molecule has 0 bridgehead atoms. The molecular weight excluding hydrogens is 302 g/mol. The van der Waals surface area contributed by atoms with Crippen molar-refractivity contribution in [2.75, 3.05) is 5.32 Å². The topological polar surface area (TPSA) is 29.9 Å². The first-order valence-corrected chi connectivity index (χ1v) is 6.92. The number of halogens is 1. The summed E-state index contributed by atoms with van der Waals surface area (Å²) in [5, 5.41) is 8.83. The van der Waals surface area contributed by atoms with Crippen LogP contribution >= 0.6 is 15.9 Å². The largest absolute Gasteiger partial charge is 0.381 e. The Bertz CT molecular complexity index is 701. The molecule has 0 unspecified atom stereocenters. The minimum absolute atomic E-state index is 0.819. The third-order valence-corrected chi connectivity index (χ3v) is 3.68. The summed E-state index contributed by atoms with van der Waals surface area (Å²) in [6.07, 6.45) is 1.89. The molecule has 0 saturated heterocycles. The van der Waals surface area contributed by atoms with Gasteiger partial charge in [-0.05, 0) is 35.9 Å². The van der Waals surface area contributed by atoms with Crippen molar-refractivity contribution in [1.82, 2.24) is 9.78 Å². The van der Waals surface area contributed by atoms with Gasteiger partial charge in [-0.15, -0.1) is 0 Å². The van der Waals surface area contributed by atoms with Crippen LogP contribution in [0.5, 0.6) is 0 Å². The first kappa shape index (κ1) is 12.2. The fourth-order valence-corrected chi connectivity index (χ4v) is 2.34. The molecule has 3 rings (SSSR count). The third-order valence-electron chi connectivity index (χ3n) is 3.16. The van der Waals surface area contributed by atoms with Gasteiger partial charge in [-0.3, -0.25) is 4.68 Å². The molecule has 3 nitrogen and oxygen atoms in total. The van der Waals surface area contributed by atoms with Crippen molar-refractivity contribution < 1.29 is 0 Å². The summed E-state index contributed by atoms with van der Waals surface area (Å²) >= 11 is 3.44. The van der Waals surface area contributed by atoms with Gasteiger partial charge in [-0.2, -0.15) is 5.10 Å². The van der Waals surface area contributed by atoms with Gasteiger partial charge in [0, 0.05) is 29.1 Å². The second-order valence-electron chi connectivity index (χ2n) is 4.52. The molecule has 0 aliphatic carbocycles. The zero-order chi connectivity index (χ0) is 13.2. The van der Waals surface area contributed by atoms with Gasteiger partial charge in [0.15, 0.2) is 0 Å². The second-order valence-corrected chi connectivity index (χ2v) is 5.44. The highest BCUT2D eigenvalue weighted by atomic mass is 79.9. The predicted octanol–water partition coefficient (Wildman–Crippen LogP) is 3.95. The highest BCUT2D eigenvalue weighted by molar-refractivity contribution is 9.10. The molecule has 0 spiro atoms. The van der Waals surface area contributed by atoms with Crippen LogP contribution in [0.25, 0.3) is 10.9 Å². The van der Waals surface area contributed by atoms with Gasteiger partial charge in [0.1, 0.15) is 0 Å². The molecule has 96 valence electrons. The number of nitrogens with one attached hydrogen (secondary N) is 1. The molecule has 0 saturated carbocycles. The Morgan fingerprint density at radius 1 is 1.16 bits per heavy atom. The second kappa shape index (κ2) is 5.05. The first-order valence-electron chi connectivity index (χ1n) is 6.12. The zero-order valence-electron chi connectivity index (χ0n) is 10.6. The summed E-state index contributed by atoms with van der Waals surface area (Å²) in [6.45, 7) is 0.819. The molecule has 1 aromatic heterocycles. The van der Waals surface area contributed by atoms with E-state index in [0.717, 1.165) is 27.6 Å². The predicted molar refractivity (Wildman–Crippen MR) is 82.2 cm³/mol. The smallest absolute Gasteiger partial charge is 0.0680 e. The Labute approximate surface area is 120 Å². The molecule has 2 aromatic carbocycles. The van der Waals surface area contributed by atoms with Crippen LogP contribution in [-0.2, 0) is 13.6 Å². The maximum atomic E-state index is 4.25. The maximum Gasteiger partial charge on any atom is 0.0680 e. The van der Waals surface area contributed by atoms with Crippen molar-refractivity contribution in [3.63, 3.8) is 0 Å². The van der Waals surface area contributed by atoms with Crippen molar-refractivity contribution in [1.29, 1.82) is 0 Å². The summed E-state index contributed by atoms with van der Waals surface area (Å²) in [6, 6.07) is 14.6. The van der Waals surface area contributed by atoms with Crippen molar-refractivity contribution in [3.8, 4) is 0 Å². The molecule has 4 heteroatoms. The molecule has 0 aliphatic rings. The van der Waals surface area contributed by atoms with Gasteiger partial charge >= 0.3 is 0 Å². The molecule has 0 radical (unpaired) electrons. The van der Waals surface area contributed by atoms with E-state index in [2.05, 4.69) is 68.8 Å². The summed E-state index contributed by atoms with van der Waals surface area (Å²) in [5.74, 6) is 0. The number of anilines is 1. The number of aromatic nitrogens is 2. The molecule has 1 N–H and O–H groups in total. The van der Waals surface area contributed by atoms with Crippen molar-refractivity contribution in [2.24, 2.45) is 7.05 Å². The summed E-state index contributed by atoms with van der Waals surface area (Å²) in [4.78, 5) is 0. The molecule has 19 heavy (non-hydrogen) atoms.